The van der Waals surface area contributed by atoms with Crippen molar-refractivity contribution >= 4 is 41.0 Å². The van der Waals surface area contributed by atoms with E-state index in [-0.39, 0.29) is 30.3 Å². The van der Waals surface area contributed by atoms with Gasteiger partial charge in [0.15, 0.2) is 0 Å². The summed E-state index contributed by atoms with van der Waals surface area (Å²) in [5, 5.41) is 0.879. The fourth-order valence-electron chi connectivity index (χ4n) is 6.99. The van der Waals surface area contributed by atoms with Crippen LogP contribution in [0.5, 0.6) is 5.75 Å². The van der Waals surface area contributed by atoms with Gasteiger partial charge in [0.05, 0.1) is 16.5 Å². The zero-order chi connectivity index (χ0) is 29.4. The molecule has 2 saturated carbocycles. The van der Waals surface area contributed by atoms with Crippen LogP contribution in [0.2, 0.25) is 10.0 Å². The van der Waals surface area contributed by atoms with Gasteiger partial charge >= 0.3 is 11.9 Å². The highest BCUT2D eigenvalue weighted by Crippen LogP contribution is 2.55. The zero-order valence-electron chi connectivity index (χ0n) is 24.0. The van der Waals surface area contributed by atoms with Gasteiger partial charge in [-0.3, -0.25) is 19.3 Å². The molecule has 1 aliphatic heterocycles. The lowest BCUT2D eigenvalue weighted by Gasteiger charge is -2.60. The lowest BCUT2D eigenvalue weighted by Crippen LogP contribution is -2.68. The number of likely N-dealkylation sites (N-methyl/N-ethyl adjacent to an activating group) is 1. The van der Waals surface area contributed by atoms with Gasteiger partial charge in [0, 0.05) is 45.4 Å². The van der Waals surface area contributed by atoms with E-state index >= 15 is 0 Å². The molecule has 2 aromatic carbocycles. The number of carbonyl (C=O) groups excluding carboxylic acids is 3. The normalized spacial score (nSPS) is 26.1. The van der Waals surface area contributed by atoms with Gasteiger partial charge in [0.1, 0.15) is 11.4 Å². The topological polar surface area (TPSA) is 76.2 Å². The smallest absolute Gasteiger partial charge is 0.308 e. The second-order valence-electron chi connectivity index (χ2n) is 12.0. The van der Waals surface area contributed by atoms with Crippen LogP contribution in [0, 0.1) is 5.92 Å². The molecule has 0 spiro atoms. The summed E-state index contributed by atoms with van der Waals surface area (Å²) in [7, 11) is 1.86. The summed E-state index contributed by atoms with van der Waals surface area (Å²) in [6.07, 6.45) is 5.44. The molecule has 9 heteroatoms. The van der Waals surface area contributed by atoms with Gasteiger partial charge in [-0.1, -0.05) is 41.4 Å². The van der Waals surface area contributed by atoms with E-state index in [4.69, 9.17) is 32.7 Å². The molecule has 2 aromatic rings. The lowest BCUT2D eigenvalue weighted by molar-refractivity contribution is -0.190. The molecular formula is C32H38Cl2N2O5. The SMILES string of the molecule is CC(=O)Oc1cccc(C23CCN(CC4CC4)CC2(OC(C)=O)CCC(N(C)C(=O)Cc2ccc(Cl)c(Cl)c2)C3)c1. The predicted molar refractivity (Wildman–Crippen MR) is 158 cm³/mol. The molecule has 2 aliphatic carbocycles. The van der Waals surface area contributed by atoms with Crippen LogP contribution in [-0.2, 0) is 31.0 Å². The Kier molecular flexibility index (Phi) is 8.70. The summed E-state index contributed by atoms with van der Waals surface area (Å²) in [5.74, 6) is 0.474. The quantitative estimate of drug-likeness (QED) is 0.280. The van der Waals surface area contributed by atoms with Crippen LogP contribution >= 0.6 is 23.2 Å². The number of amides is 1. The van der Waals surface area contributed by atoms with E-state index in [9.17, 15) is 14.4 Å². The van der Waals surface area contributed by atoms with Crippen molar-refractivity contribution in [2.45, 2.75) is 75.9 Å². The number of benzene rings is 2. The number of nitrogens with zero attached hydrogens (tertiary/aromatic N) is 2. The largest absolute Gasteiger partial charge is 0.457 e. The minimum atomic E-state index is -0.759. The van der Waals surface area contributed by atoms with Crippen LogP contribution < -0.4 is 4.74 Å². The molecule has 3 atom stereocenters. The van der Waals surface area contributed by atoms with Crippen molar-refractivity contribution in [3.05, 3.63) is 63.6 Å². The number of halogens is 2. The Bertz CT molecular complexity index is 1330. The van der Waals surface area contributed by atoms with Crippen molar-refractivity contribution in [1.82, 2.24) is 9.80 Å². The average Bonchev–Trinajstić information content (AvgIpc) is 3.73. The maximum atomic E-state index is 13.5. The van der Waals surface area contributed by atoms with E-state index in [1.807, 2.05) is 36.2 Å². The second-order valence-corrected chi connectivity index (χ2v) is 12.9. The van der Waals surface area contributed by atoms with Gasteiger partial charge in [-0.25, -0.2) is 0 Å². The highest BCUT2D eigenvalue weighted by Gasteiger charge is 2.61. The van der Waals surface area contributed by atoms with Crippen molar-refractivity contribution in [3.8, 4) is 5.75 Å². The first-order valence-electron chi connectivity index (χ1n) is 14.4. The number of ether oxygens (including phenoxy) is 2. The molecule has 3 aliphatic rings. The van der Waals surface area contributed by atoms with Crippen LogP contribution in [0.1, 0.15) is 63.5 Å². The lowest BCUT2D eigenvalue weighted by atomic mass is 9.55. The van der Waals surface area contributed by atoms with Crippen molar-refractivity contribution in [2.75, 3.05) is 26.7 Å². The van der Waals surface area contributed by atoms with Crippen LogP contribution in [-0.4, -0.2) is 66.0 Å². The van der Waals surface area contributed by atoms with Crippen molar-refractivity contribution < 1.29 is 23.9 Å². The standard InChI is InChI=1S/C32H38Cl2N2O5/c1-21(37)40-27-6-4-5-25(17-27)31-13-14-36(19-23-7-8-23)20-32(31,41-22(2)38)12-11-26(18-31)35(3)30(39)16-24-9-10-28(33)29(34)15-24/h4-6,9-10,15,17,23,26H,7-8,11-14,16,18-20H2,1-3H3. The molecule has 41 heavy (non-hydrogen) atoms. The summed E-state index contributed by atoms with van der Waals surface area (Å²) in [6.45, 7) is 5.39. The van der Waals surface area contributed by atoms with Gasteiger partial charge in [0.25, 0.3) is 0 Å². The first-order chi connectivity index (χ1) is 19.5. The van der Waals surface area contributed by atoms with Crippen molar-refractivity contribution in [3.63, 3.8) is 0 Å². The minimum Gasteiger partial charge on any atom is -0.457 e. The zero-order valence-corrected chi connectivity index (χ0v) is 25.5. The molecule has 1 saturated heterocycles. The minimum absolute atomic E-state index is 0.0108. The van der Waals surface area contributed by atoms with E-state index in [1.54, 1.807) is 18.2 Å². The maximum absolute atomic E-state index is 13.5. The third kappa shape index (κ3) is 6.42. The maximum Gasteiger partial charge on any atom is 0.308 e. The third-order valence-corrected chi connectivity index (χ3v) is 9.89. The summed E-state index contributed by atoms with van der Waals surface area (Å²) >= 11 is 12.3. The van der Waals surface area contributed by atoms with E-state index in [2.05, 4.69) is 4.90 Å². The fraction of sp³-hybridized carbons (Fsp3) is 0.531. The number of hydrogen-bond acceptors (Lipinski definition) is 6. The number of hydrogen-bond donors (Lipinski definition) is 0. The molecular weight excluding hydrogens is 563 g/mol. The van der Waals surface area contributed by atoms with Gasteiger partial charge < -0.3 is 14.4 Å². The first kappa shape index (κ1) is 29.9. The molecule has 0 radical (unpaired) electrons. The summed E-state index contributed by atoms with van der Waals surface area (Å²) in [6, 6.07) is 12.8. The summed E-state index contributed by atoms with van der Waals surface area (Å²) < 4.78 is 11.9. The van der Waals surface area contributed by atoms with E-state index in [0.717, 1.165) is 30.6 Å². The average molecular weight is 602 g/mol. The van der Waals surface area contributed by atoms with E-state index in [0.29, 0.717) is 47.5 Å². The van der Waals surface area contributed by atoms with Gasteiger partial charge in [0.2, 0.25) is 5.91 Å². The molecule has 7 nitrogen and oxygen atoms in total. The molecule has 3 fully saturated rings. The Hall–Kier alpha value is -2.61. The molecule has 3 unspecified atom stereocenters. The Balaban J connectivity index is 1.48. The Morgan fingerprint density at radius 3 is 2.46 bits per heavy atom. The van der Waals surface area contributed by atoms with Gasteiger partial charge in [-0.05, 0) is 86.4 Å². The first-order valence-corrected chi connectivity index (χ1v) is 15.2. The molecule has 1 heterocycles. The molecule has 1 amide bonds. The second kappa shape index (κ2) is 11.9. The number of carbonyl (C=O) groups is 3. The van der Waals surface area contributed by atoms with Crippen molar-refractivity contribution in [2.24, 2.45) is 5.92 Å². The van der Waals surface area contributed by atoms with Gasteiger partial charge in [-0.15, -0.1) is 0 Å². The fourth-order valence-corrected chi connectivity index (χ4v) is 7.31. The number of esters is 2. The molecule has 0 aromatic heterocycles. The number of fused-ring (bicyclic) bond motifs is 1. The highest BCUT2D eigenvalue weighted by atomic mass is 35.5. The Labute approximate surface area is 252 Å². The van der Waals surface area contributed by atoms with E-state index in [1.165, 1.54) is 26.7 Å². The number of rotatable bonds is 8. The number of piperidine rings is 1. The van der Waals surface area contributed by atoms with Crippen LogP contribution in [0.3, 0.4) is 0 Å². The molecule has 0 N–H and O–H groups in total. The van der Waals surface area contributed by atoms with Crippen LogP contribution in [0.15, 0.2) is 42.5 Å². The van der Waals surface area contributed by atoms with Crippen LogP contribution in [0.25, 0.3) is 0 Å². The summed E-state index contributed by atoms with van der Waals surface area (Å²) in [5.41, 5.74) is 0.456. The van der Waals surface area contributed by atoms with Gasteiger partial charge in [-0.2, -0.15) is 0 Å². The molecule has 5 rings (SSSR count). The molecule has 0 bridgehead atoms. The summed E-state index contributed by atoms with van der Waals surface area (Å²) in [4.78, 5) is 42.3. The van der Waals surface area contributed by atoms with Crippen LogP contribution in [0.4, 0.5) is 0 Å². The monoisotopic (exact) mass is 600 g/mol. The Morgan fingerprint density at radius 2 is 1.78 bits per heavy atom. The molecule has 220 valence electrons. The number of likely N-dealkylation sites (tertiary alicyclic amines) is 1. The van der Waals surface area contributed by atoms with Crippen molar-refractivity contribution in [1.29, 1.82) is 0 Å². The predicted octanol–water partition coefficient (Wildman–Crippen LogP) is 5.83. The Morgan fingerprint density at radius 1 is 1.00 bits per heavy atom. The third-order valence-electron chi connectivity index (χ3n) is 9.15. The van der Waals surface area contributed by atoms with E-state index < -0.39 is 11.0 Å². The highest BCUT2D eigenvalue weighted by molar-refractivity contribution is 6.42.